The smallest absolute Gasteiger partial charge is 0.0642 e. The lowest BCUT2D eigenvalue weighted by Crippen LogP contribution is -2.48. The lowest BCUT2D eigenvalue weighted by atomic mass is 9.48. The number of aliphatic hydroxyl groups is 2. The van der Waals surface area contributed by atoms with Crippen LogP contribution in [0.25, 0.3) is 0 Å². The fraction of sp³-hybridized carbons (Fsp3) is 0.931. The second-order valence-corrected chi connectivity index (χ2v) is 11.8. The molecule has 3 saturated carbocycles. The molecule has 7 atom stereocenters. The maximum absolute atomic E-state index is 10.7. The number of rotatable bonds is 6. The fourth-order valence-corrected chi connectivity index (χ4v) is 8.36. The van der Waals surface area contributed by atoms with Gasteiger partial charge in [-0.25, -0.2) is 0 Å². The third-order valence-electron chi connectivity index (χ3n) is 10.7. The van der Waals surface area contributed by atoms with Gasteiger partial charge in [-0.15, -0.1) is 0 Å². The number of fused-ring (bicyclic) bond motifs is 5. The normalized spacial score (nSPS) is 41.9. The summed E-state index contributed by atoms with van der Waals surface area (Å²) in [6.07, 6.45) is 17.9. The van der Waals surface area contributed by atoms with Crippen molar-refractivity contribution >= 4 is 0 Å². The first kappa shape index (κ1) is 25.3. The summed E-state index contributed by atoms with van der Waals surface area (Å²) in [5.41, 5.74) is 2.20. The van der Waals surface area contributed by atoms with Crippen molar-refractivity contribution in [1.29, 1.82) is 0 Å². The summed E-state index contributed by atoms with van der Waals surface area (Å²) in [7, 11) is 0. The molecule has 0 aromatic heterocycles. The Labute approximate surface area is 193 Å². The molecule has 0 heterocycles. The molecule has 0 bridgehead atoms. The SMILES string of the molecule is CC.CCC(O)(CC)CCCC1CCC2C3CCC4CC(O)CCC4(C)C3=CCC12C. The van der Waals surface area contributed by atoms with Gasteiger partial charge in [-0.2, -0.15) is 0 Å². The molecule has 180 valence electrons. The van der Waals surface area contributed by atoms with E-state index in [4.69, 9.17) is 0 Å². The highest BCUT2D eigenvalue weighted by Gasteiger charge is 2.56. The van der Waals surface area contributed by atoms with E-state index < -0.39 is 5.60 Å². The van der Waals surface area contributed by atoms with Gasteiger partial charge >= 0.3 is 0 Å². The van der Waals surface area contributed by atoms with Gasteiger partial charge < -0.3 is 10.2 Å². The van der Waals surface area contributed by atoms with Crippen LogP contribution in [0.1, 0.15) is 125 Å². The number of hydrogen-bond acceptors (Lipinski definition) is 2. The minimum absolute atomic E-state index is 0.0557. The maximum atomic E-state index is 10.7. The summed E-state index contributed by atoms with van der Waals surface area (Å²) >= 11 is 0. The second-order valence-electron chi connectivity index (χ2n) is 11.8. The van der Waals surface area contributed by atoms with Crippen LogP contribution in [0.2, 0.25) is 0 Å². The van der Waals surface area contributed by atoms with Crippen molar-refractivity contribution in [2.75, 3.05) is 0 Å². The summed E-state index contributed by atoms with van der Waals surface area (Å²) < 4.78 is 0. The summed E-state index contributed by atoms with van der Waals surface area (Å²) in [4.78, 5) is 0. The van der Waals surface area contributed by atoms with Gasteiger partial charge in [-0.05, 0) is 112 Å². The van der Waals surface area contributed by atoms with Gasteiger partial charge in [-0.1, -0.05) is 59.6 Å². The molecule has 0 spiro atoms. The van der Waals surface area contributed by atoms with E-state index in [9.17, 15) is 10.2 Å². The molecule has 7 unspecified atom stereocenters. The van der Waals surface area contributed by atoms with E-state index in [0.717, 1.165) is 49.9 Å². The molecule has 0 saturated heterocycles. The molecule has 0 amide bonds. The van der Waals surface area contributed by atoms with E-state index in [1.807, 2.05) is 13.8 Å². The topological polar surface area (TPSA) is 40.5 Å². The molecule has 0 aromatic rings. The molecule has 0 aromatic carbocycles. The third kappa shape index (κ3) is 4.54. The predicted octanol–water partition coefficient (Wildman–Crippen LogP) is 7.67. The lowest BCUT2D eigenvalue weighted by Gasteiger charge is -2.56. The average Bonchev–Trinajstić information content (AvgIpc) is 3.12. The Hall–Kier alpha value is -0.340. The highest BCUT2D eigenvalue weighted by atomic mass is 16.3. The molecular formula is C29H52O2. The molecule has 2 heteroatoms. The van der Waals surface area contributed by atoms with Crippen LogP contribution in [-0.2, 0) is 0 Å². The standard InChI is InChI=1S/C27H46O2.C2H6/c1-5-27(29,6-2)15-7-8-19-10-12-23-22-11-9-20-18-21(28)13-16-26(20,4)24(22)14-17-25(19,23)3;1-2/h14,19-23,28-29H,5-13,15-18H2,1-4H3;1-2H3. The van der Waals surface area contributed by atoms with Gasteiger partial charge in [0.05, 0.1) is 11.7 Å². The van der Waals surface area contributed by atoms with Crippen LogP contribution in [-0.4, -0.2) is 21.9 Å². The van der Waals surface area contributed by atoms with Crippen LogP contribution in [0.3, 0.4) is 0 Å². The van der Waals surface area contributed by atoms with E-state index in [1.54, 1.807) is 5.57 Å². The molecular weight excluding hydrogens is 380 g/mol. The fourth-order valence-electron chi connectivity index (χ4n) is 8.36. The Kier molecular flexibility index (Phi) is 8.06. The van der Waals surface area contributed by atoms with E-state index in [1.165, 1.54) is 51.4 Å². The molecule has 2 nitrogen and oxygen atoms in total. The Morgan fingerprint density at radius 2 is 1.74 bits per heavy atom. The monoisotopic (exact) mass is 432 g/mol. The Bertz CT molecular complexity index is 620. The van der Waals surface area contributed by atoms with Crippen LogP contribution in [0.4, 0.5) is 0 Å². The van der Waals surface area contributed by atoms with Crippen molar-refractivity contribution in [1.82, 2.24) is 0 Å². The first-order valence-electron chi connectivity index (χ1n) is 13.9. The first-order chi connectivity index (χ1) is 14.8. The van der Waals surface area contributed by atoms with E-state index in [-0.39, 0.29) is 6.10 Å². The summed E-state index contributed by atoms with van der Waals surface area (Å²) in [5.74, 6) is 3.21. The van der Waals surface area contributed by atoms with Gasteiger partial charge in [0.1, 0.15) is 0 Å². The first-order valence-corrected chi connectivity index (χ1v) is 13.9. The van der Waals surface area contributed by atoms with Gasteiger partial charge in [0.2, 0.25) is 0 Å². The summed E-state index contributed by atoms with van der Waals surface area (Å²) in [6, 6.07) is 0. The van der Waals surface area contributed by atoms with Crippen LogP contribution in [0, 0.1) is 34.5 Å². The van der Waals surface area contributed by atoms with Crippen molar-refractivity contribution in [3.8, 4) is 0 Å². The van der Waals surface area contributed by atoms with E-state index >= 15 is 0 Å². The van der Waals surface area contributed by atoms with Gasteiger partial charge in [0.25, 0.3) is 0 Å². The minimum Gasteiger partial charge on any atom is -0.393 e. The second kappa shape index (κ2) is 9.88. The minimum atomic E-state index is -0.433. The zero-order valence-electron chi connectivity index (χ0n) is 21.6. The van der Waals surface area contributed by atoms with Crippen LogP contribution < -0.4 is 0 Å². The van der Waals surface area contributed by atoms with Gasteiger partial charge in [0.15, 0.2) is 0 Å². The molecule has 4 aliphatic carbocycles. The van der Waals surface area contributed by atoms with Crippen LogP contribution >= 0.6 is 0 Å². The van der Waals surface area contributed by atoms with Gasteiger partial charge in [0, 0.05) is 0 Å². The van der Waals surface area contributed by atoms with E-state index in [0.29, 0.717) is 16.7 Å². The lowest BCUT2D eigenvalue weighted by molar-refractivity contribution is -0.0137. The van der Waals surface area contributed by atoms with Crippen molar-refractivity contribution < 1.29 is 10.2 Å². The molecule has 2 N–H and O–H groups in total. The zero-order chi connectivity index (χ0) is 22.9. The highest BCUT2D eigenvalue weighted by Crippen LogP contribution is 2.65. The maximum Gasteiger partial charge on any atom is 0.0642 e. The number of aliphatic hydroxyl groups excluding tert-OH is 1. The quantitative estimate of drug-likeness (QED) is 0.423. The molecule has 3 fully saturated rings. The predicted molar refractivity (Wildman–Crippen MR) is 132 cm³/mol. The Balaban J connectivity index is 0.00000132. The molecule has 0 aliphatic heterocycles. The van der Waals surface area contributed by atoms with Crippen LogP contribution in [0.5, 0.6) is 0 Å². The van der Waals surface area contributed by atoms with Crippen molar-refractivity contribution in [2.24, 2.45) is 34.5 Å². The highest BCUT2D eigenvalue weighted by molar-refractivity contribution is 5.28. The molecule has 0 radical (unpaired) electrons. The van der Waals surface area contributed by atoms with Gasteiger partial charge in [-0.3, -0.25) is 0 Å². The summed E-state index contributed by atoms with van der Waals surface area (Å²) in [5, 5.41) is 20.9. The largest absolute Gasteiger partial charge is 0.393 e. The number of allylic oxidation sites excluding steroid dienone is 2. The summed E-state index contributed by atoms with van der Waals surface area (Å²) in [6.45, 7) is 13.4. The van der Waals surface area contributed by atoms with Crippen molar-refractivity contribution in [3.05, 3.63) is 11.6 Å². The third-order valence-corrected chi connectivity index (χ3v) is 10.7. The number of hydrogen-bond donors (Lipinski definition) is 2. The average molecular weight is 433 g/mol. The molecule has 31 heavy (non-hydrogen) atoms. The van der Waals surface area contributed by atoms with Crippen molar-refractivity contribution in [3.63, 3.8) is 0 Å². The molecule has 4 aliphatic rings. The molecule has 4 rings (SSSR count). The zero-order valence-corrected chi connectivity index (χ0v) is 21.6. The Morgan fingerprint density at radius 1 is 1.03 bits per heavy atom. The van der Waals surface area contributed by atoms with Crippen LogP contribution in [0.15, 0.2) is 11.6 Å². The Morgan fingerprint density at radius 3 is 2.42 bits per heavy atom. The van der Waals surface area contributed by atoms with Crippen molar-refractivity contribution in [2.45, 2.75) is 137 Å². The van der Waals surface area contributed by atoms with E-state index in [2.05, 4.69) is 33.8 Å².